The lowest BCUT2D eigenvalue weighted by Gasteiger charge is -2.44. The number of para-hydroxylation sites is 1. The number of piperidine rings is 2. The van der Waals surface area contributed by atoms with Crippen LogP contribution >= 0.6 is 0 Å². The summed E-state index contributed by atoms with van der Waals surface area (Å²) in [5.74, 6) is -4.00. The molecule has 3 amide bonds. The molecule has 7 heterocycles. The van der Waals surface area contributed by atoms with Gasteiger partial charge >= 0.3 is 5.69 Å². The second-order valence-electron chi connectivity index (χ2n) is 17.9. The van der Waals surface area contributed by atoms with Gasteiger partial charge in [-0.3, -0.25) is 38.4 Å². The number of alkyl halides is 4. The highest BCUT2D eigenvalue weighted by molar-refractivity contribution is 6.08. The van der Waals surface area contributed by atoms with Crippen molar-refractivity contribution >= 4 is 51.6 Å². The Bertz CT molecular complexity index is 2640. The summed E-state index contributed by atoms with van der Waals surface area (Å²) in [6.07, 6.45) is 4.45. The molecule has 4 aliphatic rings. The number of aromatic nitrogens is 7. The zero-order valence-corrected chi connectivity index (χ0v) is 36.1. The Labute approximate surface area is 365 Å². The summed E-state index contributed by atoms with van der Waals surface area (Å²) in [7, 11) is 3.27. The highest BCUT2D eigenvalue weighted by Crippen LogP contribution is 2.39. The molecule has 64 heavy (non-hydrogen) atoms. The number of fused-ring (bicyclic) bond motifs is 2. The van der Waals surface area contributed by atoms with E-state index in [1.165, 1.54) is 30.7 Å². The number of ether oxygens (including phenoxy) is 1. The lowest BCUT2D eigenvalue weighted by molar-refractivity contribution is -0.135. The molecule has 21 heteroatoms. The Morgan fingerprint density at radius 3 is 2.48 bits per heavy atom. The molecule has 3 aliphatic heterocycles. The number of anilines is 3. The number of carbonyl (C=O) groups is 3. The van der Waals surface area contributed by atoms with Crippen molar-refractivity contribution in [2.45, 2.75) is 101 Å². The van der Waals surface area contributed by atoms with Crippen molar-refractivity contribution < 1.29 is 36.7 Å². The van der Waals surface area contributed by atoms with Gasteiger partial charge < -0.3 is 19.9 Å². The van der Waals surface area contributed by atoms with Crippen LogP contribution in [0.2, 0.25) is 0 Å². The average molecular weight is 893 g/mol. The summed E-state index contributed by atoms with van der Waals surface area (Å²) in [6.45, 7) is 5.35. The van der Waals surface area contributed by atoms with Crippen LogP contribution in [0.5, 0.6) is 0 Å². The molecule has 2 unspecified atom stereocenters. The minimum atomic E-state index is -3.11. The molecular formula is C43H52F4N12O5. The van der Waals surface area contributed by atoms with Gasteiger partial charge in [0.15, 0.2) is 11.3 Å². The Morgan fingerprint density at radius 2 is 1.78 bits per heavy atom. The Hall–Kier alpha value is -5.83. The highest BCUT2D eigenvalue weighted by atomic mass is 19.3. The number of aryl methyl sites for hydroxylation is 1. The molecule has 4 fully saturated rings. The van der Waals surface area contributed by atoms with E-state index >= 15 is 8.78 Å². The van der Waals surface area contributed by atoms with Crippen LogP contribution in [-0.2, 0) is 21.4 Å². The lowest BCUT2D eigenvalue weighted by Crippen LogP contribution is -2.58. The van der Waals surface area contributed by atoms with Crippen molar-refractivity contribution in [2.24, 2.45) is 13.0 Å². The first-order chi connectivity index (χ1) is 30.6. The fourth-order valence-electron chi connectivity index (χ4n) is 10.3. The first-order valence-corrected chi connectivity index (χ1v) is 21.9. The molecule has 3 saturated heterocycles. The van der Waals surface area contributed by atoms with Gasteiger partial charge in [0.25, 0.3) is 18.3 Å². The predicted molar refractivity (Wildman–Crippen MR) is 228 cm³/mol. The number of carbonyl (C=O) groups excluding carboxylic acids is 3. The van der Waals surface area contributed by atoms with Gasteiger partial charge in [0, 0.05) is 52.0 Å². The van der Waals surface area contributed by atoms with Gasteiger partial charge in [0.05, 0.1) is 59.4 Å². The quantitative estimate of drug-likeness (QED) is 0.144. The summed E-state index contributed by atoms with van der Waals surface area (Å²) < 4.78 is 72.6. The number of imidazole rings is 1. The third kappa shape index (κ3) is 8.11. The average Bonchev–Trinajstić information content (AvgIpc) is 3.94. The van der Waals surface area contributed by atoms with Gasteiger partial charge in [0.1, 0.15) is 17.4 Å². The monoisotopic (exact) mass is 892 g/mol. The molecule has 1 saturated carbocycles. The summed E-state index contributed by atoms with van der Waals surface area (Å²) in [6, 6.07) is 4.73. The molecular weight excluding hydrogens is 841 g/mol. The van der Waals surface area contributed by atoms with Gasteiger partial charge in [0.2, 0.25) is 11.8 Å². The van der Waals surface area contributed by atoms with Gasteiger partial charge in [-0.2, -0.15) is 10.2 Å². The molecule has 1 aromatic carbocycles. The minimum Gasteiger partial charge on any atom is -0.372 e. The van der Waals surface area contributed by atoms with E-state index in [0.717, 1.165) is 0 Å². The highest BCUT2D eigenvalue weighted by Gasteiger charge is 2.47. The number of nitrogens with one attached hydrogen (secondary N) is 2. The molecule has 9 rings (SSSR count). The van der Waals surface area contributed by atoms with Crippen LogP contribution in [0.1, 0.15) is 93.4 Å². The summed E-state index contributed by atoms with van der Waals surface area (Å²) >= 11 is 0. The van der Waals surface area contributed by atoms with Crippen molar-refractivity contribution in [1.29, 1.82) is 0 Å². The molecule has 0 radical (unpaired) electrons. The summed E-state index contributed by atoms with van der Waals surface area (Å²) in [5, 5.41) is 13.4. The molecule has 0 bridgehead atoms. The third-order valence-corrected chi connectivity index (χ3v) is 13.3. The Kier molecular flexibility index (Phi) is 11.5. The largest absolute Gasteiger partial charge is 0.372 e. The van der Waals surface area contributed by atoms with E-state index < -0.39 is 60.1 Å². The zero-order chi connectivity index (χ0) is 45.2. The number of rotatable bonds is 10. The fraction of sp³-hybridized carbons (Fsp3) is 0.558. The predicted octanol–water partition coefficient (Wildman–Crippen LogP) is 4.94. The van der Waals surface area contributed by atoms with Crippen LogP contribution < -0.4 is 26.1 Å². The van der Waals surface area contributed by atoms with Gasteiger partial charge in [-0.05, 0) is 83.5 Å². The topological polar surface area (TPSA) is 169 Å². The fourth-order valence-corrected chi connectivity index (χ4v) is 10.3. The minimum absolute atomic E-state index is 0.00963. The SMILES string of the molecule is C[C@@H]1CN(c2ccn3ncc(C(=O)Nc4cn(C5CCC(CN(C)C6CCN(c7cccc8c7n(C)c(=O)n8C7CCC(=O)NC7=O)CC6(F)F)CC5)nc4C(F)F)c3n2)C[C@H](C)O1. The van der Waals surface area contributed by atoms with Crippen LogP contribution in [0.15, 0.2) is 47.7 Å². The van der Waals surface area contributed by atoms with Crippen LogP contribution in [0.3, 0.4) is 0 Å². The van der Waals surface area contributed by atoms with Gasteiger partial charge in [-0.25, -0.2) is 31.9 Å². The van der Waals surface area contributed by atoms with E-state index in [2.05, 4.69) is 25.7 Å². The molecule has 342 valence electrons. The summed E-state index contributed by atoms with van der Waals surface area (Å²) in [5.41, 5.74) is 0.623. The van der Waals surface area contributed by atoms with E-state index in [0.29, 0.717) is 74.4 Å². The molecule has 4 aromatic heterocycles. The summed E-state index contributed by atoms with van der Waals surface area (Å²) in [4.78, 5) is 61.7. The number of morpholine rings is 1. The van der Waals surface area contributed by atoms with Gasteiger partial charge in [-0.1, -0.05) is 6.07 Å². The maximum atomic E-state index is 16.2. The number of imide groups is 1. The number of hydrogen-bond acceptors (Lipinski definition) is 11. The molecule has 2 N–H and O–H groups in total. The second-order valence-corrected chi connectivity index (χ2v) is 17.9. The van der Waals surface area contributed by atoms with Crippen molar-refractivity contribution in [1.82, 2.24) is 43.7 Å². The molecule has 0 spiro atoms. The number of halogens is 4. The van der Waals surface area contributed by atoms with Crippen LogP contribution in [0.25, 0.3) is 16.7 Å². The maximum absolute atomic E-state index is 16.2. The van der Waals surface area contributed by atoms with Crippen molar-refractivity contribution in [3.63, 3.8) is 0 Å². The van der Waals surface area contributed by atoms with E-state index in [1.54, 1.807) is 54.4 Å². The zero-order valence-electron chi connectivity index (χ0n) is 36.1. The Balaban J connectivity index is 0.827. The second kappa shape index (κ2) is 16.9. The van der Waals surface area contributed by atoms with Crippen LogP contribution in [-0.4, -0.2) is 120 Å². The van der Waals surface area contributed by atoms with Crippen molar-refractivity contribution in [2.75, 3.05) is 54.9 Å². The van der Waals surface area contributed by atoms with E-state index in [9.17, 15) is 28.0 Å². The van der Waals surface area contributed by atoms with E-state index in [4.69, 9.17) is 9.72 Å². The Morgan fingerprint density at radius 1 is 1.03 bits per heavy atom. The number of nitrogens with zero attached hydrogens (tertiary/aromatic N) is 10. The normalized spacial score (nSPS) is 25.5. The number of amides is 3. The first-order valence-electron chi connectivity index (χ1n) is 21.9. The molecule has 5 aromatic rings. The van der Waals surface area contributed by atoms with E-state index in [1.807, 2.05) is 13.8 Å². The maximum Gasteiger partial charge on any atom is 0.329 e. The van der Waals surface area contributed by atoms with Crippen LogP contribution in [0.4, 0.5) is 34.8 Å². The molecule has 1 aliphatic carbocycles. The van der Waals surface area contributed by atoms with Crippen LogP contribution in [0, 0.1) is 5.92 Å². The lowest BCUT2D eigenvalue weighted by atomic mass is 9.85. The van der Waals surface area contributed by atoms with Crippen molar-refractivity contribution in [3.8, 4) is 0 Å². The molecule has 4 atom stereocenters. The van der Waals surface area contributed by atoms with E-state index in [-0.39, 0.29) is 60.3 Å². The standard InChI is InChI=1S/C43H52F4N12O5/c1-24-19-56(20-25(2)64-24)34-15-17-57-39(50-34)28(18-48-57)40(61)49-29-22-58(52-36(29)38(44)45)27-10-8-26(9-11-27)21-53(3)33-14-16-55(23-43(33,46)47)30-6-5-7-31-37(30)54(4)42(63)59(31)32-12-13-35(60)51-41(32)62/h5-7,15,17-18,22,24-27,32-33,38H,8-14,16,19-21,23H2,1-4H3,(H,49,61)(H,51,60,62)/t24-,25+,26?,27?,32?,33?. The first kappa shape index (κ1) is 43.4. The smallest absolute Gasteiger partial charge is 0.329 e. The molecule has 17 nitrogen and oxygen atoms in total. The van der Waals surface area contributed by atoms with Crippen molar-refractivity contribution in [3.05, 3.63) is 64.6 Å². The van der Waals surface area contributed by atoms with Gasteiger partial charge in [-0.15, -0.1) is 0 Å². The number of hydrogen-bond donors (Lipinski definition) is 2. The third-order valence-electron chi connectivity index (χ3n) is 13.3. The number of benzene rings is 1.